The van der Waals surface area contributed by atoms with Gasteiger partial charge in [-0.25, -0.2) is 9.18 Å². The minimum absolute atomic E-state index is 0.132. The zero-order valence-electron chi connectivity index (χ0n) is 11.9. The van der Waals surface area contributed by atoms with Crippen LogP contribution in [0.2, 0.25) is 0 Å². The molecule has 0 bridgehead atoms. The van der Waals surface area contributed by atoms with Gasteiger partial charge in [-0.2, -0.15) is 0 Å². The number of anilines is 1. The molecule has 5 heteroatoms. The lowest BCUT2D eigenvalue weighted by molar-refractivity contribution is 0.0600. The Bertz CT molecular complexity index is 473. The molecule has 1 fully saturated rings. The van der Waals surface area contributed by atoms with Crippen molar-refractivity contribution < 1.29 is 13.9 Å². The third-order valence-electron chi connectivity index (χ3n) is 3.59. The monoisotopic (exact) mass is 280 g/mol. The molecule has 0 aromatic heterocycles. The zero-order chi connectivity index (χ0) is 14.5. The Labute approximate surface area is 118 Å². The summed E-state index contributed by atoms with van der Waals surface area (Å²) in [5.74, 6) is -0.818. The molecule has 0 aliphatic carbocycles. The van der Waals surface area contributed by atoms with Crippen molar-refractivity contribution in [3.8, 4) is 0 Å². The fourth-order valence-electron chi connectivity index (χ4n) is 2.59. The Balaban J connectivity index is 2.01. The predicted octanol–water partition coefficient (Wildman–Crippen LogP) is 2.55. The molecule has 0 spiro atoms. The van der Waals surface area contributed by atoms with Crippen LogP contribution in [0.5, 0.6) is 0 Å². The summed E-state index contributed by atoms with van der Waals surface area (Å²) in [6.07, 6.45) is 3.29. The molecule has 1 heterocycles. The zero-order valence-corrected chi connectivity index (χ0v) is 11.9. The molecule has 1 aromatic carbocycles. The van der Waals surface area contributed by atoms with E-state index in [1.165, 1.54) is 31.7 Å². The summed E-state index contributed by atoms with van der Waals surface area (Å²) in [4.78, 5) is 11.5. The van der Waals surface area contributed by atoms with Gasteiger partial charge in [0.25, 0.3) is 0 Å². The number of carbonyl (C=O) groups excluding carboxylic acids is 1. The van der Waals surface area contributed by atoms with Gasteiger partial charge in [0.2, 0.25) is 0 Å². The van der Waals surface area contributed by atoms with E-state index in [9.17, 15) is 9.18 Å². The lowest BCUT2D eigenvalue weighted by Crippen LogP contribution is -2.29. The maximum absolute atomic E-state index is 13.8. The molecular formula is C15H21FN2O2. The molecule has 20 heavy (non-hydrogen) atoms. The minimum Gasteiger partial charge on any atom is -0.465 e. The van der Waals surface area contributed by atoms with Crippen LogP contribution in [0.3, 0.4) is 0 Å². The van der Waals surface area contributed by atoms with Crippen LogP contribution in [0.25, 0.3) is 0 Å². The van der Waals surface area contributed by atoms with Gasteiger partial charge in [0, 0.05) is 12.1 Å². The molecule has 1 aromatic rings. The number of hydrogen-bond acceptors (Lipinski definition) is 4. The molecule has 110 valence electrons. The number of esters is 1. The van der Waals surface area contributed by atoms with Crippen molar-refractivity contribution in [1.29, 1.82) is 0 Å². The second-order valence-corrected chi connectivity index (χ2v) is 5.26. The predicted molar refractivity (Wildman–Crippen MR) is 76.5 cm³/mol. The van der Waals surface area contributed by atoms with E-state index in [4.69, 9.17) is 0 Å². The van der Waals surface area contributed by atoms with E-state index >= 15 is 0 Å². The second kappa shape index (κ2) is 6.70. The van der Waals surface area contributed by atoms with Gasteiger partial charge in [-0.1, -0.05) is 0 Å². The lowest BCUT2D eigenvalue weighted by Gasteiger charge is -2.20. The van der Waals surface area contributed by atoms with Gasteiger partial charge in [-0.05, 0) is 50.9 Å². The van der Waals surface area contributed by atoms with E-state index in [-0.39, 0.29) is 11.9 Å². The van der Waals surface area contributed by atoms with Gasteiger partial charge < -0.3 is 15.4 Å². The highest BCUT2D eigenvalue weighted by Crippen LogP contribution is 2.20. The highest BCUT2D eigenvalue weighted by atomic mass is 19.1. The van der Waals surface area contributed by atoms with Gasteiger partial charge in [-0.3, -0.25) is 0 Å². The van der Waals surface area contributed by atoms with Gasteiger partial charge in [-0.15, -0.1) is 0 Å². The van der Waals surface area contributed by atoms with E-state index in [0.717, 1.165) is 19.4 Å². The SMILES string of the molecule is COC(=O)c1ccc(F)c(NC(C)CC2CCCN2)c1. The van der Waals surface area contributed by atoms with Crippen molar-refractivity contribution in [3.05, 3.63) is 29.6 Å². The molecule has 2 unspecified atom stereocenters. The summed E-state index contributed by atoms with van der Waals surface area (Å²) in [7, 11) is 1.31. The summed E-state index contributed by atoms with van der Waals surface area (Å²) in [5, 5.41) is 6.55. The first-order chi connectivity index (χ1) is 9.60. The van der Waals surface area contributed by atoms with Crippen LogP contribution in [0.4, 0.5) is 10.1 Å². The molecule has 4 nitrogen and oxygen atoms in total. The normalized spacial score (nSPS) is 19.6. The summed E-state index contributed by atoms with van der Waals surface area (Å²) in [6.45, 7) is 3.08. The van der Waals surface area contributed by atoms with Crippen molar-refractivity contribution in [2.45, 2.75) is 38.3 Å². The molecular weight excluding hydrogens is 259 g/mol. The largest absolute Gasteiger partial charge is 0.465 e. The highest BCUT2D eigenvalue weighted by molar-refractivity contribution is 5.90. The molecule has 1 saturated heterocycles. The van der Waals surface area contributed by atoms with Gasteiger partial charge in [0.15, 0.2) is 0 Å². The average Bonchev–Trinajstić information content (AvgIpc) is 2.93. The topological polar surface area (TPSA) is 50.4 Å². The Kier molecular flexibility index (Phi) is 4.95. The van der Waals surface area contributed by atoms with Crippen LogP contribution in [0, 0.1) is 5.82 Å². The van der Waals surface area contributed by atoms with Crippen molar-refractivity contribution in [2.75, 3.05) is 19.0 Å². The molecule has 1 aliphatic rings. The quantitative estimate of drug-likeness (QED) is 0.814. The molecule has 0 amide bonds. The van der Waals surface area contributed by atoms with Crippen LogP contribution in [0.15, 0.2) is 18.2 Å². The smallest absolute Gasteiger partial charge is 0.337 e. The molecule has 0 radical (unpaired) electrons. The standard InChI is InChI=1S/C15H21FN2O2/c1-10(8-12-4-3-7-17-12)18-14-9-11(15(19)20-2)5-6-13(14)16/h5-6,9-10,12,17-18H,3-4,7-8H2,1-2H3. The first kappa shape index (κ1) is 14.8. The molecule has 2 rings (SSSR count). The third-order valence-corrected chi connectivity index (χ3v) is 3.59. The van der Waals surface area contributed by atoms with Crippen molar-refractivity contribution >= 4 is 11.7 Å². The second-order valence-electron chi connectivity index (χ2n) is 5.26. The Morgan fingerprint density at radius 2 is 2.40 bits per heavy atom. The maximum atomic E-state index is 13.8. The van der Waals surface area contributed by atoms with Crippen molar-refractivity contribution in [1.82, 2.24) is 5.32 Å². The summed E-state index contributed by atoms with van der Waals surface area (Å²) in [6, 6.07) is 4.84. The van der Waals surface area contributed by atoms with Gasteiger partial charge >= 0.3 is 5.97 Å². The van der Waals surface area contributed by atoms with Gasteiger partial charge in [0.1, 0.15) is 5.82 Å². The average molecular weight is 280 g/mol. The van der Waals surface area contributed by atoms with E-state index in [1.807, 2.05) is 6.92 Å². The number of ether oxygens (including phenoxy) is 1. The molecule has 2 N–H and O–H groups in total. The number of hydrogen-bond donors (Lipinski definition) is 2. The Morgan fingerprint density at radius 1 is 1.60 bits per heavy atom. The van der Waals surface area contributed by atoms with E-state index in [2.05, 4.69) is 15.4 Å². The van der Waals surface area contributed by atoms with Crippen LogP contribution in [-0.4, -0.2) is 31.7 Å². The number of benzene rings is 1. The fourth-order valence-corrected chi connectivity index (χ4v) is 2.59. The number of carbonyl (C=O) groups is 1. The Hall–Kier alpha value is -1.62. The number of methoxy groups -OCH3 is 1. The minimum atomic E-state index is -0.460. The van der Waals surface area contributed by atoms with E-state index < -0.39 is 5.97 Å². The summed E-state index contributed by atoms with van der Waals surface area (Å²) in [5.41, 5.74) is 0.695. The first-order valence-corrected chi connectivity index (χ1v) is 6.98. The summed E-state index contributed by atoms with van der Waals surface area (Å²) >= 11 is 0. The van der Waals surface area contributed by atoms with Crippen molar-refractivity contribution in [2.24, 2.45) is 0 Å². The number of nitrogens with one attached hydrogen (secondary N) is 2. The van der Waals surface area contributed by atoms with Crippen LogP contribution in [0.1, 0.15) is 36.5 Å². The fraction of sp³-hybridized carbons (Fsp3) is 0.533. The molecule has 2 atom stereocenters. The van der Waals surface area contributed by atoms with Gasteiger partial charge in [0.05, 0.1) is 18.4 Å². The Morgan fingerprint density at radius 3 is 3.05 bits per heavy atom. The van der Waals surface area contributed by atoms with Crippen LogP contribution >= 0.6 is 0 Å². The summed E-state index contributed by atoms with van der Waals surface area (Å²) < 4.78 is 18.4. The molecule has 0 saturated carbocycles. The molecule has 1 aliphatic heterocycles. The third kappa shape index (κ3) is 3.70. The number of halogens is 1. The van der Waals surface area contributed by atoms with Crippen LogP contribution in [-0.2, 0) is 4.74 Å². The first-order valence-electron chi connectivity index (χ1n) is 6.98. The number of rotatable bonds is 5. The maximum Gasteiger partial charge on any atom is 0.337 e. The van der Waals surface area contributed by atoms with Crippen molar-refractivity contribution in [3.63, 3.8) is 0 Å². The van der Waals surface area contributed by atoms with E-state index in [0.29, 0.717) is 17.3 Å². The van der Waals surface area contributed by atoms with E-state index in [1.54, 1.807) is 0 Å². The lowest BCUT2D eigenvalue weighted by atomic mass is 10.1. The highest BCUT2D eigenvalue weighted by Gasteiger charge is 2.18. The van der Waals surface area contributed by atoms with Crippen LogP contribution < -0.4 is 10.6 Å².